The maximum atomic E-state index is 6.35. The van der Waals surface area contributed by atoms with Crippen molar-refractivity contribution in [3.8, 4) is 56.4 Å². The first-order valence-corrected chi connectivity index (χ1v) is 17.0. The number of rotatable bonds is 4. The molecule has 2 aromatic heterocycles. The van der Waals surface area contributed by atoms with Crippen LogP contribution in [0.1, 0.15) is 25.0 Å². The van der Waals surface area contributed by atoms with Crippen LogP contribution in [0.25, 0.3) is 89.1 Å². The molecular formula is C46H31N3O. The third-order valence-electron chi connectivity index (χ3n) is 10.3. The predicted molar refractivity (Wildman–Crippen MR) is 204 cm³/mol. The molecule has 1 aliphatic rings. The van der Waals surface area contributed by atoms with Crippen LogP contribution in [0.5, 0.6) is 0 Å². The average molecular weight is 642 g/mol. The summed E-state index contributed by atoms with van der Waals surface area (Å²) in [6.07, 6.45) is 0. The van der Waals surface area contributed by atoms with Crippen LogP contribution < -0.4 is 0 Å². The fourth-order valence-electron chi connectivity index (χ4n) is 8.00. The van der Waals surface area contributed by atoms with Gasteiger partial charge in [0.2, 0.25) is 0 Å². The Morgan fingerprint density at radius 2 is 1.10 bits per heavy atom. The summed E-state index contributed by atoms with van der Waals surface area (Å²) in [6.45, 7) is 4.63. The van der Waals surface area contributed by atoms with Crippen LogP contribution in [0.15, 0.2) is 156 Å². The van der Waals surface area contributed by atoms with Gasteiger partial charge in [0.05, 0.1) is 0 Å². The van der Waals surface area contributed by atoms with Gasteiger partial charge in [0.15, 0.2) is 17.5 Å². The fourth-order valence-corrected chi connectivity index (χ4v) is 8.00. The topological polar surface area (TPSA) is 51.8 Å². The summed E-state index contributed by atoms with van der Waals surface area (Å²) in [5.74, 6) is 1.94. The molecular weight excluding hydrogens is 611 g/mol. The number of hydrogen-bond donors (Lipinski definition) is 0. The quantitative estimate of drug-likeness (QED) is 0.192. The Kier molecular flexibility index (Phi) is 6.19. The Morgan fingerprint density at radius 3 is 1.98 bits per heavy atom. The van der Waals surface area contributed by atoms with Crippen molar-refractivity contribution in [2.75, 3.05) is 0 Å². The second kappa shape index (κ2) is 10.8. The van der Waals surface area contributed by atoms with Crippen LogP contribution in [0.2, 0.25) is 0 Å². The highest BCUT2D eigenvalue weighted by molar-refractivity contribution is 6.12. The van der Waals surface area contributed by atoms with Crippen molar-refractivity contribution in [1.82, 2.24) is 15.0 Å². The third kappa shape index (κ3) is 4.28. The Balaban J connectivity index is 1.20. The van der Waals surface area contributed by atoms with E-state index in [0.717, 1.165) is 38.8 Å². The van der Waals surface area contributed by atoms with Crippen LogP contribution >= 0.6 is 0 Å². The summed E-state index contributed by atoms with van der Waals surface area (Å²) in [5.41, 5.74) is 11.6. The minimum atomic E-state index is -0.266. The van der Waals surface area contributed by atoms with Gasteiger partial charge in [-0.1, -0.05) is 147 Å². The molecule has 236 valence electrons. The van der Waals surface area contributed by atoms with E-state index in [0.29, 0.717) is 17.5 Å². The molecule has 0 aliphatic heterocycles. The summed E-state index contributed by atoms with van der Waals surface area (Å²) < 4.78 is 6.35. The normalized spacial score (nSPS) is 13.2. The lowest BCUT2D eigenvalue weighted by Crippen LogP contribution is -2.15. The molecule has 7 aromatic carbocycles. The van der Waals surface area contributed by atoms with Crippen molar-refractivity contribution in [2.24, 2.45) is 0 Å². The van der Waals surface area contributed by atoms with Crippen molar-refractivity contribution in [3.05, 3.63) is 163 Å². The van der Waals surface area contributed by atoms with Crippen molar-refractivity contribution >= 4 is 32.7 Å². The van der Waals surface area contributed by atoms with E-state index in [4.69, 9.17) is 19.4 Å². The van der Waals surface area contributed by atoms with Crippen LogP contribution in [-0.2, 0) is 5.41 Å². The van der Waals surface area contributed by atoms with Gasteiger partial charge in [-0.25, -0.2) is 15.0 Å². The van der Waals surface area contributed by atoms with Crippen LogP contribution in [-0.4, -0.2) is 15.0 Å². The van der Waals surface area contributed by atoms with E-state index >= 15 is 0 Å². The largest absolute Gasteiger partial charge is 0.456 e. The molecule has 4 heteroatoms. The summed E-state index contributed by atoms with van der Waals surface area (Å²) in [5, 5.41) is 4.75. The van der Waals surface area contributed by atoms with Gasteiger partial charge in [-0.05, 0) is 62.4 Å². The lowest BCUT2D eigenvalue weighted by molar-refractivity contribution is 0.657. The Hall–Kier alpha value is -6.39. The van der Waals surface area contributed by atoms with E-state index in [2.05, 4.69) is 141 Å². The van der Waals surface area contributed by atoms with Gasteiger partial charge in [-0.2, -0.15) is 0 Å². The Morgan fingerprint density at radius 1 is 0.460 bits per heavy atom. The molecule has 0 N–H and O–H groups in total. The molecule has 0 saturated carbocycles. The minimum absolute atomic E-state index is 0.266. The molecule has 0 unspecified atom stereocenters. The number of benzene rings is 7. The van der Waals surface area contributed by atoms with Gasteiger partial charge in [0.1, 0.15) is 11.2 Å². The van der Waals surface area contributed by atoms with Gasteiger partial charge in [-0.15, -0.1) is 0 Å². The molecule has 0 fully saturated rings. The maximum Gasteiger partial charge on any atom is 0.164 e. The predicted octanol–water partition coefficient (Wildman–Crippen LogP) is 11.9. The zero-order valence-corrected chi connectivity index (χ0v) is 27.7. The summed E-state index contributed by atoms with van der Waals surface area (Å²) in [6, 6.07) is 52.9. The van der Waals surface area contributed by atoms with E-state index in [9.17, 15) is 0 Å². The highest BCUT2D eigenvalue weighted by Crippen LogP contribution is 2.55. The first kappa shape index (κ1) is 28.6. The Labute approximate surface area is 289 Å². The van der Waals surface area contributed by atoms with Crippen molar-refractivity contribution in [2.45, 2.75) is 19.3 Å². The molecule has 0 saturated heterocycles. The summed E-state index contributed by atoms with van der Waals surface area (Å²) >= 11 is 0. The van der Waals surface area contributed by atoms with Crippen LogP contribution in [0.3, 0.4) is 0 Å². The lowest BCUT2D eigenvalue weighted by Gasteiger charge is -2.22. The molecule has 4 nitrogen and oxygen atoms in total. The first-order valence-electron chi connectivity index (χ1n) is 17.0. The van der Waals surface area contributed by atoms with E-state index < -0.39 is 0 Å². The van der Waals surface area contributed by atoms with E-state index in [1.165, 1.54) is 44.0 Å². The number of fused-ring (bicyclic) bond motifs is 8. The van der Waals surface area contributed by atoms with Gasteiger partial charge in [0.25, 0.3) is 0 Å². The third-order valence-corrected chi connectivity index (χ3v) is 10.3. The fraction of sp³-hybridized carbons (Fsp3) is 0.0652. The second-order valence-corrected chi connectivity index (χ2v) is 13.6. The number of hydrogen-bond acceptors (Lipinski definition) is 4. The second-order valence-electron chi connectivity index (χ2n) is 13.6. The van der Waals surface area contributed by atoms with Gasteiger partial charge in [0, 0.05) is 32.9 Å². The highest BCUT2D eigenvalue weighted by atomic mass is 16.3. The standard InChI is InChI=1S/C46H31N3O/c1-46(2)37-23-12-22-36(40(37)35-25-26-39-41(42(35)46)34-20-8-9-24-38(34)50-39)45-48-43(29-14-4-3-5-15-29)47-44(49-45)31-18-10-17-30(27-31)33-21-11-16-28-13-6-7-19-32(28)33/h3-27H,1-2H3. The number of para-hydroxylation sites is 1. The van der Waals surface area contributed by atoms with Gasteiger partial charge >= 0.3 is 0 Å². The maximum absolute atomic E-state index is 6.35. The zero-order chi connectivity index (χ0) is 33.4. The number of furan rings is 1. The molecule has 9 aromatic rings. The van der Waals surface area contributed by atoms with Crippen molar-refractivity contribution < 1.29 is 4.42 Å². The minimum Gasteiger partial charge on any atom is -0.456 e. The van der Waals surface area contributed by atoms with Crippen LogP contribution in [0, 0.1) is 0 Å². The van der Waals surface area contributed by atoms with E-state index in [1.807, 2.05) is 24.3 Å². The van der Waals surface area contributed by atoms with E-state index in [-0.39, 0.29) is 5.41 Å². The molecule has 10 rings (SSSR count). The summed E-state index contributed by atoms with van der Waals surface area (Å²) in [4.78, 5) is 15.5. The average Bonchev–Trinajstić information content (AvgIpc) is 3.66. The monoisotopic (exact) mass is 641 g/mol. The number of nitrogens with zero attached hydrogens (tertiary/aromatic N) is 3. The lowest BCUT2D eigenvalue weighted by atomic mass is 9.80. The van der Waals surface area contributed by atoms with Gasteiger partial charge in [-0.3, -0.25) is 0 Å². The molecule has 0 spiro atoms. The Bertz CT molecular complexity index is 2790. The van der Waals surface area contributed by atoms with E-state index in [1.54, 1.807) is 0 Å². The number of aromatic nitrogens is 3. The SMILES string of the molecule is CC1(C)c2cccc(-c3nc(-c4ccccc4)nc(-c4cccc(-c5cccc6ccccc56)c4)n3)c2-c2ccc3oc4ccccc4c3c21. The highest BCUT2D eigenvalue weighted by Gasteiger charge is 2.40. The molecule has 2 heterocycles. The van der Waals surface area contributed by atoms with Crippen LogP contribution in [0.4, 0.5) is 0 Å². The summed E-state index contributed by atoms with van der Waals surface area (Å²) in [7, 11) is 0. The smallest absolute Gasteiger partial charge is 0.164 e. The zero-order valence-electron chi connectivity index (χ0n) is 27.7. The molecule has 50 heavy (non-hydrogen) atoms. The molecule has 0 amide bonds. The van der Waals surface area contributed by atoms with Crippen molar-refractivity contribution in [1.29, 1.82) is 0 Å². The first-order chi connectivity index (χ1) is 24.5. The molecule has 1 aliphatic carbocycles. The van der Waals surface area contributed by atoms with Crippen molar-refractivity contribution in [3.63, 3.8) is 0 Å². The van der Waals surface area contributed by atoms with Gasteiger partial charge < -0.3 is 4.42 Å². The molecule has 0 radical (unpaired) electrons. The molecule has 0 bridgehead atoms. The molecule has 0 atom stereocenters.